The Hall–Kier alpha value is -2.13. The molecule has 29 heavy (non-hydrogen) atoms. The number of sulfonamides is 1. The van der Waals surface area contributed by atoms with E-state index in [2.05, 4.69) is 12.8 Å². The Balaban J connectivity index is 1.91. The van der Waals surface area contributed by atoms with Crippen LogP contribution in [0.25, 0.3) is 0 Å². The Morgan fingerprint density at radius 3 is 2.45 bits per heavy atom. The van der Waals surface area contributed by atoms with Crippen molar-refractivity contribution < 1.29 is 13.2 Å². The molecule has 0 aromatic heterocycles. The number of piperidine rings is 1. The van der Waals surface area contributed by atoms with Crippen molar-refractivity contribution in [3.63, 3.8) is 0 Å². The lowest BCUT2D eigenvalue weighted by Gasteiger charge is -2.44. The molecule has 4 atom stereocenters. The van der Waals surface area contributed by atoms with Gasteiger partial charge in [-0.15, -0.1) is 12.3 Å². The highest BCUT2D eigenvalue weighted by molar-refractivity contribution is 7.89. The quantitative estimate of drug-likeness (QED) is 0.668. The summed E-state index contributed by atoms with van der Waals surface area (Å²) in [6.07, 6.45) is 6.27. The zero-order valence-electron chi connectivity index (χ0n) is 17.3. The van der Waals surface area contributed by atoms with Crippen LogP contribution in [0.4, 0.5) is 0 Å². The molecule has 2 aromatic carbocycles. The van der Waals surface area contributed by atoms with Crippen LogP contribution in [0.3, 0.4) is 0 Å². The fourth-order valence-corrected chi connectivity index (χ4v) is 5.78. The minimum Gasteiger partial charge on any atom is -0.372 e. The van der Waals surface area contributed by atoms with Crippen molar-refractivity contribution in [1.82, 2.24) is 4.31 Å². The smallest absolute Gasteiger partial charge is 0.243 e. The fourth-order valence-electron chi connectivity index (χ4n) is 3.94. The summed E-state index contributed by atoms with van der Waals surface area (Å²) in [5, 5.41) is 0. The predicted octanol–water partition coefficient (Wildman–Crippen LogP) is 4.25. The van der Waals surface area contributed by atoms with Gasteiger partial charge in [-0.25, -0.2) is 8.42 Å². The minimum absolute atomic E-state index is 0.178. The van der Waals surface area contributed by atoms with E-state index in [1.807, 2.05) is 56.3 Å². The van der Waals surface area contributed by atoms with Crippen LogP contribution in [0.1, 0.15) is 31.4 Å². The van der Waals surface area contributed by atoms with Crippen molar-refractivity contribution >= 4 is 10.0 Å². The van der Waals surface area contributed by atoms with E-state index < -0.39 is 16.1 Å². The maximum absolute atomic E-state index is 13.5. The second kappa shape index (κ2) is 9.13. The normalized spacial score (nSPS) is 24.0. The van der Waals surface area contributed by atoms with Crippen LogP contribution in [0.5, 0.6) is 0 Å². The first kappa shape index (κ1) is 21.6. The van der Waals surface area contributed by atoms with Crippen molar-refractivity contribution in [3.05, 3.63) is 65.7 Å². The van der Waals surface area contributed by atoms with E-state index in [-0.39, 0.29) is 17.9 Å². The van der Waals surface area contributed by atoms with Crippen LogP contribution in [0.15, 0.2) is 59.5 Å². The average Bonchev–Trinajstić information content (AvgIpc) is 2.72. The van der Waals surface area contributed by atoms with Gasteiger partial charge >= 0.3 is 0 Å². The van der Waals surface area contributed by atoms with Gasteiger partial charge < -0.3 is 4.74 Å². The van der Waals surface area contributed by atoms with Crippen LogP contribution in [0.2, 0.25) is 0 Å². The molecule has 1 fully saturated rings. The Kier molecular flexibility index (Phi) is 6.79. The summed E-state index contributed by atoms with van der Waals surface area (Å²) >= 11 is 0. The van der Waals surface area contributed by atoms with Crippen LogP contribution in [-0.2, 0) is 21.4 Å². The standard InChI is InChI=1S/C24H29NO3S/c1-5-20(4)24-23(28-17-21-9-7-6-8-10-21)15-19(3)16-25(24)29(26,27)22-13-11-18(2)12-14-22/h1,6-14,19-20,23-24H,15-17H2,2-4H3/t19-,20-,23+,24-/m0/s1. The number of hydrogen-bond acceptors (Lipinski definition) is 3. The molecular weight excluding hydrogens is 382 g/mol. The maximum atomic E-state index is 13.5. The average molecular weight is 412 g/mol. The Morgan fingerprint density at radius 1 is 1.17 bits per heavy atom. The third-order valence-electron chi connectivity index (χ3n) is 5.55. The van der Waals surface area contributed by atoms with Crippen molar-refractivity contribution in [1.29, 1.82) is 0 Å². The van der Waals surface area contributed by atoms with Crippen molar-refractivity contribution in [2.75, 3.05) is 6.54 Å². The maximum Gasteiger partial charge on any atom is 0.243 e. The van der Waals surface area contributed by atoms with Crippen molar-refractivity contribution in [2.45, 2.75) is 50.8 Å². The van der Waals surface area contributed by atoms with E-state index in [1.165, 1.54) is 0 Å². The molecule has 0 aliphatic carbocycles. The van der Waals surface area contributed by atoms with Gasteiger partial charge in [-0.2, -0.15) is 4.31 Å². The first-order valence-electron chi connectivity index (χ1n) is 10.0. The van der Waals surface area contributed by atoms with E-state index in [1.54, 1.807) is 16.4 Å². The minimum atomic E-state index is -3.67. The van der Waals surface area contributed by atoms with Gasteiger partial charge in [0.25, 0.3) is 0 Å². The molecule has 4 nitrogen and oxygen atoms in total. The summed E-state index contributed by atoms with van der Waals surface area (Å²) in [6, 6.07) is 16.5. The number of terminal acetylenes is 1. The molecule has 1 aliphatic rings. The number of ether oxygens (including phenoxy) is 1. The summed E-state index contributed by atoms with van der Waals surface area (Å²) in [5.74, 6) is 2.67. The number of hydrogen-bond donors (Lipinski definition) is 0. The van der Waals surface area contributed by atoms with E-state index >= 15 is 0 Å². The predicted molar refractivity (Wildman–Crippen MR) is 116 cm³/mol. The van der Waals surface area contributed by atoms with Gasteiger partial charge in [0.1, 0.15) is 0 Å². The highest BCUT2D eigenvalue weighted by atomic mass is 32.2. The molecule has 0 bridgehead atoms. The first-order valence-corrected chi connectivity index (χ1v) is 11.5. The third kappa shape index (κ3) is 4.90. The summed E-state index contributed by atoms with van der Waals surface area (Å²) in [4.78, 5) is 0.299. The van der Waals surface area contributed by atoms with Gasteiger partial charge in [0, 0.05) is 12.5 Å². The molecule has 0 unspecified atom stereocenters. The molecule has 1 aliphatic heterocycles. The lowest BCUT2D eigenvalue weighted by atomic mass is 9.87. The lowest BCUT2D eigenvalue weighted by molar-refractivity contribution is -0.0499. The third-order valence-corrected chi connectivity index (χ3v) is 7.43. The van der Waals surface area contributed by atoms with E-state index in [0.717, 1.165) is 17.5 Å². The summed E-state index contributed by atoms with van der Waals surface area (Å²) < 4.78 is 34.8. The summed E-state index contributed by atoms with van der Waals surface area (Å²) in [7, 11) is -3.67. The topological polar surface area (TPSA) is 46.6 Å². The molecule has 0 saturated carbocycles. The first-order chi connectivity index (χ1) is 13.8. The molecule has 1 heterocycles. The zero-order valence-corrected chi connectivity index (χ0v) is 18.1. The molecule has 1 saturated heterocycles. The molecule has 0 radical (unpaired) electrons. The largest absolute Gasteiger partial charge is 0.372 e. The Morgan fingerprint density at radius 2 is 1.83 bits per heavy atom. The molecule has 0 N–H and O–H groups in total. The van der Waals surface area contributed by atoms with Crippen LogP contribution < -0.4 is 0 Å². The van der Waals surface area contributed by atoms with Crippen molar-refractivity contribution in [2.24, 2.45) is 11.8 Å². The SMILES string of the molecule is C#C[C@H](C)[C@H]1[C@H](OCc2ccccc2)C[C@H](C)CN1S(=O)(=O)c1ccc(C)cc1. The lowest BCUT2D eigenvalue weighted by Crippen LogP contribution is -2.56. The number of aryl methyl sites for hydroxylation is 1. The molecule has 3 rings (SSSR count). The molecule has 154 valence electrons. The zero-order chi connectivity index (χ0) is 21.0. The highest BCUT2D eigenvalue weighted by Crippen LogP contribution is 2.34. The van der Waals surface area contributed by atoms with Gasteiger partial charge in [0.15, 0.2) is 0 Å². The molecular formula is C24H29NO3S. The van der Waals surface area contributed by atoms with Gasteiger partial charge in [-0.3, -0.25) is 0 Å². The fraction of sp³-hybridized carbons (Fsp3) is 0.417. The van der Waals surface area contributed by atoms with Crippen LogP contribution in [-0.4, -0.2) is 31.4 Å². The molecule has 0 amide bonds. The number of benzene rings is 2. The summed E-state index contributed by atoms with van der Waals surface area (Å²) in [6.45, 7) is 6.78. The second-order valence-corrected chi connectivity index (χ2v) is 9.90. The van der Waals surface area contributed by atoms with Gasteiger partial charge in [0.05, 0.1) is 23.6 Å². The van der Waals surface area contributed by atoms with Crippen LogP contribution >= 0.6 is 0 Å². The number of nitrogens with zero attached hydrogens (tertiary/aromatic N) is 1. The van der Waals surface area contributed by atoms with E-state index in [9.17, 15) is 8.42 Å². The molecule has 5 heteroatoms. The van der Waals surface area contributed by atoms with Crippen LogP contribution in [0, 0.1) is 31.1 Å². The Bertz CT molecular complexity index is 948. The molecule has 0 spiro atoms. The monoisotopic (exact) mass is 411 g/mol. The van der Waals surface area contributed by atoms with Gasteiger partial charge in [0.2, 0.25) is 10.0 Å². The van der Waals surface area contributed by atoms with Gasteiger partial charge in [-0.1, -0.05) is 55.0 Å². The highest BCUT2D eigenvalue weighted by Gasteiger charge is 2.44. The van der Waals surface area contributed by atoms with Gasteiger partial charge in [-0.05, 0) is 43.9 Å². The summed E-state index contributed by atoms with van der Waals surface area (Å²) in [5.41, 5.74) is 2.08. The second-order valence-electron chi connectivity index (χ2n) is 8.01. The van der Waals surface area contributed by atoms with Crippen molar-refractivity contribution in [3.8, 4) is 12.3 Å². The van der Waals surface area contributed by atoms with E-state index in [4.69, 9.17) is 11.2 Å². The number of rotatable bonds is 6. The van der Waals surface area contributed by atoms with E-state index in [0.29, 0.717) is 18.0 Å². The Labute approximate surface area is 174 Å². The molecule has 2 aromatic rings.